The fourth-order valence-corrected chi connectivity index (χ4v) is 2.61. The highest BCUT2D eigenvalue weighted by molar-refractivity contribution is 6.16. The molecule has 1 saturated carbocycles. The van der Waals surface area contributed by atoms with Crippen molar-refractivity contribution in [2.45, 2.75) is 38.6 Å². The molecular formula is C14H16ClN3. The summed E-state index contributed by atoms with van der Waals surface area (Å²) >= 11 is 5.94. The van der Waals surface area contributed by atoms with E-state index < -0.39 is 0 Å². The van der Waals surface area contributed by atoms with Crippen molar-refractivity contribution in [1.82, 2.24) is 14.8 Å². The minimum Gasteiger partial charge on any atom is -0.307 e. The Morgan fingerprint density at radius 1 is 1.17 bits per heavy atom. The van der Waals surface area contributed by atoms with Gasteiger partial charge in [0.25, 0.3) is 0 Å². The molecule has 1 aliphatic rings. The van der Waals surface area contributed by atoms with E-state index in [1.807, 2.05) is 0 Å². The molecule has 1 aromatic heterocycles. The van der Waals surface area contributed by atoms with Crippen LogP contribution in [0.5, 0.6) is 0 Å². The van der Waals surface area contributed by atoms with Gasteiger partial charge < -0.3 is 4.57 Å². The van der Waals surface area contributed by atoms with E-state index >= 15 is 0 Å². The highest BCUT2D eigenvalue weighted by atomic mass is 35.5. The Balaban J connectivity index is 2.13. The fourth-order valence-electron chi connectivity index (χ4n) is 2.43. The monoisotopic (exact) mass is 261 g/mol. The number of halogens is 1. The molecule has 1 aliphatic carbocycles. The molecule has 2 aromatic rings. The summed E-state index contributed by atoms with van der Waals surface area (Å²) in [6.45, 7) is 4.22. The van der Waals surface area contributed by atoms with Gasteiger partial charge in [0.2, 0.25) is 0 Å². The van der Waals surface area contributed by atoms with Crippen LogP contribution in [-0.2, 0) is 5.88 Å². The van der Waals surface area contributed by atoms with E-state index in [1.165, 1.54) is 24.0 Å². The number of rotatable bonds is 3. The number of nitrogens with zero attached hydrogens (tertiary/aromatic N) is 3. The molecule has 18 heavy (non-hydrogen) atoms. The van der Waals surface area contributed by atoms with Crippen molar-refractivity contribution in [3.63, 3.8) is 0 Å². The first-order valence-corrected chi connectivity index (χ1v) is 6.81. The summed E-state index contributed by atoms with van der Waals surface area (Å²) in [6, 6.07) is 7.04. The molecule has 1 heterocycles. The fraction of sp³-hybridized carbons (Fsp3) is 0.429. The first-order chi connectivity index (χ1) is 8.69. The van der Waals surface area contributed by atoms with Gasteiger partial charge in [-0.1, -0.05) is 17.2 Å². The van der Waals surface area contributed by atoms with Gasteiger partial charge in [0.1, 0.15) is 5.82 Å². The Morgan fingerprint density at radius 3 is 2.39 bits per heavy atom. The van der Waals surface area contributed by atoms with Crippen LogP contribution in [0, 0.1) is 13.8 Å². The number of benzene rings is 1. The lowest BCUT2D eigenvalue weighted by atomic mass is 10.1. The van der Waals surface area contributed by atoms with Crippen molar-refractivity contribution < 1.29 is 0 Å². The second kappa shape index (κ2) is 4.39. The molecule has 1 aromatic carbocycles. The summed E-state index contributed by atoms with van der Waals surface area (Å²) in [5, 5.41) is 8.54. The van der Waals surface area contributed by atoms with Gasteiger partial charge in [-0.25, -0.2) is 0 Å². The quantitative estimate of drug-likeness (QED) is 0.790. The lowest BCUT2D eigenvalue weighted by Crippen LogP contribution is -2.02. The van der Waals surface area contributed by atoms with Crippen LogP contribution in [0.15, 0.2) is 18.2 Å². The Labute approximate surface area is 112 Å². The number of aromatic nitrogens is 3. The van der Waals surface area contributed by atoms with Crippen molar-refractivity contribution in [3.05, 3.63) is 35.2 Å². The largest absolute Gasteiger partial charge is 0.307 e. The molecule has 3 rings (SSSR count). The van der Waals surface area contributed by atoms with E-state index in [0.29, 0.717) is 11.9 Å². The van der Waals surface area contributed by atoms with E-state index in [2.05, 4.69) is 46.8 Å². The topological polar surface area (TPSA) is 30.7 Å². The third-order valence-electron chi connectivity index (χ3n) is 3.28. The Bertz CT molecular complexity index is 564. The smallest absolute Gasteiger partial charge is 0.164 e. The molecule has 1 fully saturated rings. The third-order valence-corrected chi connectivity index (χ3v) is 3.52. The van der Waals surface area contributed by atoms with Gasteiger partial charge >= 0.3 is 0 Å². The molecule has 0 N–H and O–H groups in total. The van der Waals surface area contributed by atoms with Gasteiger partial charge in [-0.2, -0.15) is 0 Å². The average Bonchev–Trinajstić information content (AvgIpc) is 3.07. The highest BCUT2D eigenvalue weighted by Crippen LogP contribution is 2.39. The first kappa shape index (κ1) is 11.7. The van der Waals surface area contributed by atoms with Gasteiger partial charge in [0.15, 0.2) is 5.82 Å². The minimum absolute atomic E-state index is 0.425. The number of alkyl halides is 1. The van der Waals surface area contributed by atoms with Crippen LogP contribution in [0.4, 0.5) is 0 Å². The van der Waals surface area contributed by atoms with E-state index in [1.54, 1.807) is 0 Å². The van der Waals surface area contributed by atoms with Crippen LogP contribution >= 0.6 is 11.6 Å². The van der Waals surface area contributed by atoms with Gasteiger partial charge in [0.05, 0.1) is 5.88 Å². The zero-order valence-electron chi connectivity index (χ0n) is 10.7. The predicted octanol–water partition coefficient (Wildman–Crippen LogP) is 3.64. The van der Waals surface area contributed by atoms with Crippen LogP contribution in [0.2, 0.25) is 0 Å². The summed E-state index contributed by atoms with van der Waals surface area (Å²) in [4.78, 5) is 0. The Morgan fingerprint density at radius 2 is 1.83 bits per heavy atom. The molecule has 0 unspecified atom stereocenters. The molecule has 0 spiro atoms. The molecule has 0 aliphatic heterocycles. The van der Waals surface area contributed by atoms with Crippen LogP contribution < -0.4 is 0 Å². The molecule has 4 heteroatoms. The van der Waals surface area contributed by atoms with E-state index in [4.69, 9.17) is 11.6 Å². The van der Waals surface area contributed by atoms with Gasteiger partial charge in [-0.3, -0.25) is 0 Å². The number of aryl methyl sites for hydroxylation is 2. The molecule has 0 amide bonds. The maximum Gasteiger partial charge on any atom is 0.164 e. The summed E-state index contributed by atoms with van der Waals surface area (Å²) in [5.41, 5.74) is 3.65. The van der Waals surface area contributed by atoms with Crippen molar-refractivity contribution >= 4 is 11.6 Å². The second-order valence-corrected chi connectivity index (χ2v) is 5.32. The molecule has 0 bridgehead atoms. The molecular weight excluding hydrogens is 246 g/mol. The second-order valence-electron chi connectivity index (χ2n) is 5.05. The van der Waals surface area contributed by atoms with Crippen LogP contribution in [0.3, 0.4) is 0 Å². The van der Waals surface area contributed by atoms with Gasteiger partial charge in [-0.15, -0.1) is 21.8 Å². The van der Waals surface area contributed by atoms with Crippen molar-refractivity contribution in [2.75, 3.05) is 0 Å². The van der Waals surface area contributed by atoms with Crippen LogP contribution in [0.1, 0.15) is 35.8 Å². The van der Waals surface area contributed by atoms with Crippen molar-refractivity contribution in [2.24, 2.45) is 0 Å². The standard InChI is InChI=1S/C14H16ClN3/c1-9-5-10(2)7-11(6-9)14-17-16-13(8-15)18(14)12-3-4-12/h5-7,12H,3-4,8H2,1-2H3. The van der Waals surface area contributed by atoms with E-state index in [-0.39, 0.29) is 0 Å². The van der Waals surface area contributed by atoms with Gasteiger partial charge in [0, 0.05) is 11.6 Å². The average molecular weight is 262 g/mol. The SMILES string of the molecule is Cc1cc(C)cc(-c2nnc(CCl)n2C2CC2)c1. The molecule has 94 valence electrons. The number of hydrogen-bond donors (Lipinski definition) is 0. The zero-order chi connectivity index (χ0) is 12.7. The molecule has 0 radical (unpaired) electrons. The summed E-state index contributed by atoms with van der Waals surface area (Å²) in [5.74, 6) is 2.27. The zero-order valence-corrected chi connectivity index (χ0v) is 11.4. The van der Waals surface area contributed by atoms with E-state index in [0.717, 1.165) is 17.2 Å². The Kier molecular flexibility index (Phi) is 2.86. The van der Waals surface area contributed by atoms with Crippen LogP contribution in [0.25, 0.3) is 11.4 Å². The summed E-state index contributed by atoms with van der Waals surface area (Å²) < 4.78 is 2.21. The summed E-state index contributed by atoms with van der Waals surface area (Å²) in [7, 11) is 0. The molecule has 0 atom stereocenters. The van der Waals surface area contributed by atoms with Crippen LogP contribution in [-0.4, -0.2) is 14.8 Å². The minimum atomic E-state index is 0.425. The lowest BCUT2D eigenvalue weighted by molar-refractivity contribution is 0.712. The maximum absolute atomic E-state index is 5.94. The van der Waals surface area contributed by atoms with Crippen molar-refractivity contribution in [3.8, 4) is 11.4 Å². The Hall–Kier alpha value is -1.35. The predicted molar refractivity (Wildman–Crippen MR) is 72.8 cm³/mol. The number of hydrogen-bond acceptors (Lipinski definition) is 2. The van der Waals surface area contributed by atoms with Crippen molar-refractivity contribution in [1.29, 1.82) is 0 Å². The maximum atomic E-state index is 5.94. The molecule has 3 nitrogen and oxygen atoms in total. The van der Waals surface area contributed by atoms with Gasteiger partial charge in [-0.05, 0) is 38.8 Å². The third kappa shape index (κ3) is 2.03. The summed E-state index contributed by atoms with van der Waals surface area (Å²) in [6.07, 6.45) is 2.42. The van der Waals surface area contributed by atoms with E-state index in [9.17, 15) is 0 Å². The lowest BCUT2D eigenvalue weighted by Gasteiger charge is -2.09. The normalized spacial score (nSPS) is 15.1. The highest BCUT2D eigenvalue weighted by Gasteiger charge is 2.29. The first-order valence-electron chi connectivity index (χ1n) is 6.27. The molecule has 0 saturated heterocycles.